The molecule has 0 saturated heterocycles. The van der Waals surface area contributed by atoms with Crippen molar-refractivity contribution in [2.24, 2.45) is 0 Å². The molecule has 0 atom stereocenters. The Hall–Kier alpha value is -8.06. The second kappa shape index (κ2) is 14.5. The zero-order valence-electron chi connectivity index (χ0n) is 39.7. The number of hydrogen-bond donors (Lipinski definition) is 0. The lowest BCUT2D eigenvalue weighted by Crippen LogP contribution is -2.15. The molecule has 0 radical (unpaired) electrons. The maximum Gasteiger partial charge on any atom is 0.0159 e. The summed E-state index contributed by atoms with van der Waals surface area (Å²) in [4.78, 5) is 0. The number of fused-ring (bicyclic) bond motifs is 6. The fourth-order valence-corrected chi connectivity index (χ4v) is 12.2. The predicted molar refractivity (Wildman–Crippen MR) is 296 cm³/mol. The normalized spacial score (nSPS) is 13.4. The molecule has 326 valence electrons. The molecular formula is C69H50. The van der Waals surface area contributed by atoms with Crippen LogP contribution in [0.2, 0.25) is 0 Å². The van der Waals surface area contributed by atoms with Crippen molar-refractivity contribution in [3.8, 4) is 89.0 Å². The van der Waals surface area contributed by atoms with E-state index in [1.165, 1.54) is 149 Å². The molecule has 0 amide bonds. The maximum atomic E-state index is 2.44. The van der Waals surface area contributed by atoms with Crippen LogP contribution in [0.5, 0.6) is 0 Å². The van der Waals surface area contributed by atoms with E-state index in [9.17, 15) is 0 Å². The zero-order chi connectivity index (χ0) is 46.3. The molecule has 0 spiro atoms. The molecule has 2 aliphatic rings. The third kappa shape index (κ3) is 6.01. The molecule has 0 heterocycles. The van der Waals surface area contributed by atoms with E-state index in [1.54, 1.807) is 0 Å². The van der Waals surface area contributed by atoms with Gasteiger partial charge in [0.25, 0.3) is 0 Å². The highest BCUT2D eigenvalue weighted by molar-refractivity contribution is 6.26. The zero-order valence-corrected chi connectivity index (χ0v) is 39.7. The standard InChI is InChI=1S/C69H50/c1-68(2,3)52-37-50-26-25-47-27-31-53(61-34-30-51(38-52)65(50)66(47)61)45-23-19-44(20-24-45)49-29-33-58-57-32-28-48(39-63(57)69(4,5)64(58)40-49)43-15-13-41(14-16-43)42-17-21-46(22-18-42)54-35-36-62-56-10-7-6-9-55(56)60-12-8-11-59(54)67(60)62/h6-40H,1-5H3. The lowest BCUT2D eigenvalue weighted by Gasteiger charge is -2.23. The Bertz CT molecular complexity index is 4030. The summed E-state index contributed by atoms with van der Waals surface area (Å²) < 4.78 is 0. The minimum Gasteiger partial charge on any atom is -0.0616 e. The Morgan fingerprint density at radius 1 is 0.275 bits per heavy atom. The second-order valence-electron chi connectivity index (χ2n) is 21.2. The summed E-state index contributed by atoms with van der Waals surface area (Å²) in [5, 5.41) is 10.7. The Labute approximate surface area is 404 Å². The van der Waals surface area contributed by atoms with E-state index in [0.717, 1.165) is 0 Å². The summed E-state index contributed by atoms with van der Waals surface area (Å²) >= 11 is 0. The van der Waals surface area contributed by atoms with Gasteiger partial charge < -0.3 is 0 Å². The quantitative estimate of drug-likeness (QED) is 0.151. The molecule has 2 aliphatic carbocycles. The van der Waals surface area contributed by atoms with Crippen LogP contribution in [0.1, 0.15) is 51.3 Å². The first-order valence-corrected chi connectivity index (χ1v) is 24.6. The third-order valence-electron chi connectivity index (χ3n) is 16.0. The monoisotopic (exact) mass is 878 g/mol. The van der Waals surface area contributed by atoms with E-state index in [0.29, 0.717) is 0 Å². The third-order valence-corrected chi connectivity index (χ3v) is 16.0. The maximum absolute atomic E-state index is 2.44. The van der Waals surface area contributed by atoms with E-state index in [-0.39, 0.29) is 10.8 Å². The average molecular weight is 879 g/mol. The summed E-state index contributed by atoms with van der Waals surface area (Å²) in [5.74, 6) is 0. The summed E-state index contributed by atoms with van der Waals surface area (Å²) in [6, 6.07) is 80.5. The van der Waals surface area contributed by atoms with Crippen molar-refractivity contribution in [1.29, 1.82) is 0 Å². The van der Waals surface area contributed by atoms with Gasteiger partial charge in [0.2, 0.25) is 0 Å². The van der Waals surface area contributed by atoms with Crippen molar-refractivity contribution in [1.82, 2.24) is 0 Å². The van der Waals surface area contributed by atoms with Crippen LogP contribution in [0.15, 0.2) is 212 Å². The van der Waals surface area contributed by atoms with Crippen molar-refractivity contribution < 1.29 is 0 Å². The van der Waals surface area contributed by atoms with E-state index in [4.69, 9.17) is 0 Å². The molecule has 12 aromatic carbocycles. The van der Waals surface area contributed by atoms with Gasteiger partial charge in [-0.1, -0.05) is 235 Å². The lowest BCUT2D eigenvalue weighted by atomic mass is 9.80. The average Bonchev–Trinajstić information content (AvgIpc) is 3.83. The van der Waals surface area contributed by atoms with Gasteiger partial charge in [0.05, 0.1) is 0 Å². The second-order valence-corrected chi connectivity index (χ2v) is 21.2. The fraction of sp³-hybridized carbons (Fsp3) is 0.101. The number of benzene rings is 12. The molecule has 0 bridgehead atoms. The van der Waals surface area contributed by atoms with Crippen LogP contribution in [0, 0.1) is 0 Å². The highest BCUT2D eigenvalue weighted by Gasteiger charge is 2.36. The molecule has 0 N–H and O–H groups in total. The Kier molecular flexibility index (Phi) is 8.40. The van der Waals surface area contributed by atoms with Crippen LogP contribution in [0.4, 0.5) is 0 Å². The van der Waals surface area contributed by atoms with Crippen molar-refractivity contribution in [2.45, 2.75) is 45.4 Å². The van der Waals surface area contributed by atoms with Gasteiger partial charge in [-0.25, -0.2) is 0 Å². The number of hydrogen-bond acceptors (Lipinski definition) is 0. The topological polar surface area (TPSA) is 0 Å². The van der Waals surface area contributed by atoms with Crippen LogP contribution >= 0.6 is 0 Å². The molecule has 0 aromatic heterocycles. The molecule has 14 rings (SSSR count). The van der Waals surface area contributed by atoms with Crippen molar-refractivity contribution in [3.05, 3.63) is 229 Å². The molecule has 0 fully saturated rings. The van der Waals surface area contributed by atoms with Crippen molar-refractivity contribution in [2.75, 3.05) is 0 Å². The Balaban J connectivity index is 0.720. The summed E-state index contributed by atoms with van der Waals surface area (Å²) in [5.41, 5.74) is 24.6. The lowest BCUT2D eigenvalue weighted by molar-refractivity contribution is 0.591. The van der Waals surface area contributed by atoms with Gasteiger partial charge in [0.1, 0.15) is 0 Å². The largest absolute Gasteiger partial charge is 0.0616 e. The molecule has 0 saturated carbocycles. The van der Waals surface area contributed by atoms with Crippen LogP contribution in [0.3, 0.4) is 0 Å². The first kappa shape index (κ1) is 40.0. The van der Waals surface area contributed by atoms with Gasteiger partial charge in [-0.05, 0) is 166 Å². The van der Waals surface area contributed by atoms with Gasteiger partial charge in [-0.2, -0.15) is 0 Å². The van der Waals surface area contributed by atoms with Gasteiger partial charge in [0, 0.05) is 5.41 Å². The minimum atomic E-state index is -0.136. The molecule has 69 heavy (non-hydrogen) atoms. The summed E-state index contributed by atoms with van der Waals surface area (Å²) in [6.07, 6.45) is 0. The summed E-state index contributed by atoms with van der Waals surface area (Å²) in [7, 11) is 0. The highest BCUT2D eigenvalue weighted by atomic mass is 14.4. The van der Waals surface area contributed by atoms with Gasteiger partial charge in [0.15, 0.2) is 0 Å². The van der Waals surface area contributed by atoms with Crippen molar-refractivity contribution >= 4 is 43.1 Å². The van der Waals surface area contributed by atoms with Crippen LogP contribution < -0.4 is 0 Å². The highest BCUT2D eigenvalue weighted by Crippen LogP contribution is 2.52. The van der Waals surface area contributed by atoms with E-state index in [1.807, 2.05) is 0 Å². The van der Waals surface area contributed by atoms with E-state index in [2.05, 4.69) is 247 Å². The van der Waals surface area contributed by atoms with Crippen LogP contribution in [-0.2, 0) is 10.8 Å². The molecule has 0 heteroatoms. The smallest absolute Gasteiger partial charge is 0.0159 e. The molecule has 12 aromatic rings. The first-order valence-electron chi connectivity index (χ1n) is 24.6. The summed E-state index contributed by atoms with van der Waals surface area (Å²) in [6.45, 7) is 11.7. The van der Waals surface area contributed by atoms with Crippen LogP contribution in [-0.4, -0.2) is 0 Å². The number of rotatable bonds is 5. The predicted octanol–water partition coefficient (Wildman–Crippen LogP) is 19.3. The van der Waals surface area contributed by atoms with Gasteiger partial charge in [-0.3, -0.25) is 0 Å². The van der Waals surface area contributed by atoms with Gasteiger partial charge >= 0.3 is 0 Å². The first-order chi connectivity index (χ1) is 33.6. The Morgan fingerprint density at radius 3 is 1.22 bits per heavy atom. The van der Waals surface area contributed by atoms with E-state index < -0.39 is 0 Å². The molecule has 0 nitrogen and oxygen atoms in total. The Morgan fingerprint density at radius 2 is 0.667 bits per heavy atom. The minimum absolute atomic E-state index is 0.0977. The van der Waals surface area contributed by atoms with Gasteiger partial charge in [-0.15, -0.1) is 0 Å². The molecule has 0 aliphatic heterocycles. The van der Waals surface area contributed by atoms with Crippen LogP contribution in [0.25, 0.3) is 132 Å². The molecular weight excluding hydrogens is 829 g/mol. The fourth-order valence-electron chi connectivity index (χ4n) is 12.2. The van der Waals surface area contributed by atoms with E-state index >= 15 is 0 Å². The molecule has 0 unspecified atom stereocenters. The SMILES string of the molecule is CC(C)(C)c1cc2ccc3ccc(-c4ccc(-c5ccc6c(c5)C(C)(C)c5cc(-c7ccc(-c8ccc(-c9ccc%10c%11c(cccc9%11)-c9ccccc9-%10)cc8)cc7)ccc5-6)cc4)c4ccc(c1)c2c34. The van der Waals surface area contributed by atoms with Crippen molar-refractivity contribution in [3.63, 3.8) is 0 Å².